The quantitative estimate of drug-likeness (QED) is 0.583. The van der Waals surface area contributed by atoms with Crippen molar-refractivity contribution in [3.8, 4) is 0 Å². The third-order valence-corrected chi connectivity index (χ3v) is 6.08. The lowest BCUT2D eigenvalue weighted by atomic mass is 9.90. The van der Waals surface area contributed by atoms with Crippen LogP contribution >= 0.6 is 0 Å². The molecule has 2 aliphatic heterocycles. The van der Waals surface area contributed by atoms with Gasteiger partial charge < -0.3 is 11.5 Å². The highest BCUT2D eigenvalue weighted by Gasteiger charge is 2.53. The van der Waals surface area contributed by atoms with Crippen LogP contribution in [0.3, 0.4) is 0 Å². The first-order valence-corrected chi connectivity index (χ1v) is 6.29. The Morgan fingerprint density at radius 1 is 1.21 bits per heavy atom. The molecule has 5 nitrogen and oxygen atoms in total. The zero-order valence-electron chi connectivity index (χ0n) is 7.77. The SMILES string of the molecule is NC(=O)C1(N)CC2CCC(C1)S2(=O)=O. The Labute approximate surface area is 82.7 Å². The Kier molecular flexibility index (Phi) is 1.91. The Hall–Kier alpha value is -0.620. The highest BCUT2D eigenvalue weighted by molar-refractivity contribution is 7.93. The molecule has 4 N–H and O–H groups in total. The number of hydrogen-bond donors (Lipinski definition) is 2. The van der Waals surface area contributed by atoms with Crippen molar-refractivity contribution in [2.24, 2.45) is 11.5 Å². The van der Waals surface area contributed by atoms with Gasteiger partial charge in [0.2, 0.25) is 5.91 Å². The van der Waals surface area contributed by atoms with Gasteiger partial charge in [0.05, 0.1) is 16.0 Å². The number of fused-ring (bicyclic) bond motifs is 2. The van der Waals surface area contributed by atoms with E-state index in [-0.39, 0.29) is 12.8 Å². The summed E-state index contributed by atoms with van der Waals surface area (Å²) in [5, 5.41) is -0.891. The molecule has 2 aliphatic rings. The van der Waals surface area contributed by atoms with E-state index in [0.29, 0.717) is 12.8 Å². The summed E-state index contributed by atoms with van der Waals surface area (Å²) in [6.07, 6.45) is 1.64. The highest BCUT2D eigenvalue weighted by atomic mass is 32.2. The van der Waals surface area contributed by atoms with E-state index in [9.17, 15) is 13.2 Å². The molecule has 80 valence electrons. The predicted molar refractivity (Wildman–Crippen MR) is 51.1 cm³/mol. The fraction of sp³-hybridized carbons (Fsp3) is 0.875. The second-order valence-electron chi connectivity index (χ2n) is 4.34. The van der Waals surface area contributed by atoms with Gasteiger partial charge in [-0.3, -0.25) is 4.79 Å². The number of amides is 1. The minimum Gasteiger partial charge on any atom is -0.368 e. The molecular formula is C8H14N2O3S. The number of sulfone groups is 1. The van der Waals surface area contributed by atoms with Crippen LogP contribution in [0, 0.1) is 0 Å². The van der Waals surface area contributed by atoms with Crippen LogP contribution < -0.4 is 11.5 Å². The summed E-state index contributed by atoms with van der Waals surface area (Å²) in [5.74, 6) is -0.579. The normalized spacial score (nSPS) is 44.9. The van der Waals surface area contributed by atoms with E-state index < -0.39 is 31.8 Å². The fourth-order valence-corrected chi connectivity index (χ4v) is 5.04. The molecule has 0 aliphatic carbocycles. The van der Waals surface area contributed by atoms with Crippen LogP contribution in [0.4, 0.5) is 0 Å². The maximum absolute atomic E-state index is 11.7. The molecule has 2 saturated heterocycles. The van der Waals surface area contributed by atoms with E-state index in [1.54, 1.807) is 0 Å². The predicted octanol–water partition coefficient (Wildman–Crippen LogP) is -1.09. The lowest BCUT2D eigenvalue weighted by molar-refractivity contribution is -0.123. The van der Waals surface area contributed by atoms with Crippen LogP contribution in [0.15, 0.2) is 0 Å². The molecule has 1 amide bonds. The minimum atomic E-state index is -3.02. The van der Waals surface area contributed by atoms with E-state index in [4.69, 9.17) is 11.5 Å². The first-order valence-electron chi connectivity index (χ1n) is 4.68. The van der Waals surface area contributed by atoms with E-state index in [2.05, 4.69) is 0 Å². The van der Waals surface area contributed by atoms with Gasteiger partial charge in [0, 0.05) is 0 Å². The molecule has 0 saturated carbocycles. The summed E-state index contributed by atoms with van der Waals surface area (Å²) >= 11 is 0. The molecule has 2 unspecified atom stereocenters. The van der Waals surface area contributed by atoms with Crippen LogP contribution in [0.2, 0.25) is 0 Å². The molecule has 2 heterocycles. The highest BCUT2D eigenvalue weighted by Crippen LogP contribution is 2.41. The van der Waals surface area contributed by atoms with Crippen LogP contribution in [0.5, 0.6) is 0 Å². The third kappa shape index (κ3) is 1.17. The van der Waals surface area contributed by atoms with Gasteiger partial charge in [0.1, 0.15) is 0 Å². The Balaban J connectivity index is 2.34. The molecule has 14 heavy (non-hydrogen) atoms. The van der Waals surface area contributed by atoms with E-state index in [0.717, 1.165) is 0 Å². The molecular weight excluding hydrogens is 204 g/mol. The second kappa shape index (κ2) is 2.70. The number of primary amides is 1. The smallest absolute Gasteiger partial charge is 0.237 e. The lowest BCUT2D eigenvalue weighted by Crippen LogP contribution is -2.59. The fourth-order valence-electron chi connectivity index (χ4n) is 2.51. The summed E-state index contributed by atoms with van der Waals surface area (Å²) in [6.45, 7) is 0. The summed E-state index contributed by atoms with van der Waals surface area (Å²) in [6, 6.07) is 0. The summed E-state index contributed by atoms with van der Waals surface area (Å²) in [4.78, 5) is 11.1. The summed E-state index contributed by atoms with van der Waals surface area (Å²) in [7, 11) is -3.02. The van der Waals surface area contributed by atoms with Gasteiger partial charge in [-0.2, -0.15) is 0 Å². The molecule has 0 aromatic heterocycles. The van der Waals surface area contributed by atoms with Crippen molar-refractivity contribution >= 4 is 15.7 Å². The van der Waals surface area contributed by atoms with Crippen molar-refractivity contribution in [1.82, 2.24) is 0 Å². The summed E-state index contributed by atoms with van der Waals surface area (Å²) < 4.78 is 23.4. The van der Waals surface area contributed by atoms with Gasteiger partial charge in [0.25, 0.3) is 0 Å². The average molecular weight is 218 g/mol. The van der Waals surface area contributed by atoms with E-state index >= 15 is 0 Å². The molecule has 2 rings (SSSR count). The molecule has 2 fully saturated rings. The number of carbonyl (C=O) groups excluding carboxylic acids is 1. The molecule has 0 spiro atoms. The molecule has 6 heteroatoms. The zero-order valence-corrected chi connectivity index (χ0v) is 8.59. The standard InChI is InChI=1S/C8H14N2O3S/c9-7(11)8(10)3-5-1-2-6(4-8)14(5,12)13/h5-6H,1-4,10H2,(H2,9,11). The van der Waals surface area contributed by atoms with Crippen LogP contribution in [0.1, 0.15) is 25.7 Å². The van der Waals surface area contributed by atoms with Gasteiger partial charge in [-0.05, 0) is 25.7 Å². The van der Waals surface area contributed by atoms with Gasteiger partial charge in [-0.15, -0.1) is 0 Å². The van der Waals surface area contributed by atoms with Crippen molar-refractivity contribution in [2.75, 3.05) is 0 Å². The number of nitrogens with two attached hydrogens (primary N) is 2. The van der Waals surface area contributed by atoms with Crippen molar-refractivity contribution in [2.45, 2.75) is 41.7 Å². The number of rotatable bonds is 1. The average Bonchev–Trinajstić information content (AvgIpc) is 2.30. The van der Waals surface area contributed by atoms with Gasteiger partial charge >= 0.3 is 0 Å². The third-order valence-electron chi connectivity index (χ3n) is 3.41. The molecule has 0 aromatic rings. The number of carbonyl (C=O) groups is 1. The van der Waals surface area contributed by atoms with Gasteiger partial charge in [0.15, 0.2) is 9.84 Å². The maximum Gasteiger partial charge on any atom is 0.237 e. The van der Waals surface area contributed by atoms with Crippen molar-refractivity contribution < 1.29 is 13.2 Å². The number of hydrogen-bond acceptors (Lipinski definition) is 4. The van der Waals surface area contributed by atoms with E-state index in [1.807, 2.05) is 0 Å². The summed E-state index contributed by atoms with van der Waals surface area (Å²) in [5.41, 5.74) is 9.89. The molecule has 2 atom stereocenters. The largest absolute Gasteiger partial charge is 0.368 e. The zero-order chi connectivity index (χ0) is 10.6. The molecule has 2 bridgehead atoms. The van der Waals surface area contributed by atoms with Gasteiger partial charge in [-0.1, -0.05) is 0 Å². The van der Waals surface area contributed by atoms with Crippen LogP contribution in [0.25, 0.3) is 0 Å². The second-order valence-corrected chi connectivity index (χ2v) is 6.85. The van der Waals surface area contributed by atoms with Crippen molar-refractivity contribution in [3.05, 3.63) is 0 Å². The topological polar surface area (TPSA) is 103 Å². The first kappa shape index (κ1) is 9.92. The Morgan fingerprint density at radius 2 is 1.64 bits per heavy atom. The van der Waals surface area contributed by atoms with E-state index in [1.165, 1.54) is 0 Å². The first-order chi connectivity index (χ1) is 6.36. The Morgan fingerprint density at radius 3 is 2.00 bits per heavy atom. The van der Waals surface area contributed by atoms with Crippen LogP contribution in [-0.2, 0) is 14.6 Å². The van der Waals surface area contributed by atoms with Crippen LogP contribution in [-0.4, -0.2) is 30.4 Å². The molecule has 0 aromatic carbocycles. The lowest BCUT2D eigenvalue weighted by Gasteiger charge is -2.34. The van der Waals surface area contributed by atoms with Crippen molar-refractivity contribution in [1.29, 1.82) is 0 Å². The van der Waals surface area contributed by atoms with Crippen molar-refractivity contribution in [3.63, 3.8) is 0 Å². The Bertz CT molecular complexity index is 356. The van der Waals surface area contributed by atoms with Gasteiger partial charge in [-0.25, -0.2) is 8.42 Å². The monoisotopic (exact) mass is 218 g/mol. The minimum absolute atomic E-state index is 0.196. The maximum atomic E-state index is 11.7. The molecule has 0 radical (unpaired) electrons.